The molecule has 0 aromatic heterocycles. The van der Waals surface area contributed by atoms with Crippen molar-refractivity contribution < 1.29 is 64.6 Å². The molecule has 0 radical (unpaired) electrons. The van der Waals surface area contributed by atoms with Crippen molar-refractivity contribution in [3.05, 3.63) is 12.2 Å². The van der Waals surface area contributed by atoms with Gasteiger partial charge in [0.2, 0.25) is 5.91 Å². The van der Waals surface area contributed by atoms with E-state index in [1.807, 2.05) is 6.08 Å². The average Bonchev–Trinajstić information content (AvgIpc) is 3.31. The van der Waals surface area contributed by atoms with Gasteiger partial charge < -0.3 is 65.1 Å². The maximum Gasteiger partial charge on any atom is 0.220 e. The van der Waals surface area contributed by atoms with Gasteiger partial charge in [0.05, 0.1) is 32.0 Å². The second kappa shape index (κ2) is 38.6. The molecule has 12 atom stereocenters. The number of hydrogen-bond acceptors (Lipinski definition) is 13. The lowest BCUT2D eigenvalue weighted by Gasteiger charge is -2.46. The molecule has 9 N–H and O–H groups in total. The normalized spacial score (nSPS) is 27.0. The third kappa shape index (κ3) is 25.8. The summed E-state index contributed by atoms with van der Waals surface area (Å²) in [6, 6.07) is -0.907. The molecule has 14 heteroatoms. The van der Waals surface area contributed by atoms with Gasteiger partial charge in [0, 0.05) is 6.42 Å². The molecule has 1 amide bonds. The van der Waals surface area contributed by atoms with Crippen LogP contribution in [0.4, 0.5) is 0 Å². The molecule has 12 unspecified atom stereocenters. The molecular formula is C51H97NO13. The van der Waals surface area contributed by atoms with Crippen molar-refractivity contribution in [2.24, 2.45) is 0 Å². The van der Waals surface area contributed by atoms with Crippen molar-refractivity contribution >= 4 is 5.91 Å². The molecule has 0 aliphatic carbocycles. The van der Waals surface area contributed by atoms with E-state index in [-0.39, 0.29) is 18.9 Å². The summed E-state index contributed by atoms with van der Waals surface area (Å²) < 4.78 is 22.3. The highest BCUT2D eigenvalue weighted by molar-refractivity contribution is 5.75. The molecule has 2 heterocycles. The summed E-state index contributed by atoms with van der Waals surface area (Å²) in [5.41, 5.74) is 0. The first-order valence-electron chi connectivity index (χ1n) is 26.4. The largest absolute Gasteiger partial charge is 0.394 e. The molecule has 0 spiro atoms. The number of unbranched alkanes of at least 4 members (excludes halogenated alkanes) is 29. The first-order valence-corrected chi connectivity index (χ1v) is 26.4. The van der Waals surface area contributed by atoms with E-state index < -0.39 is 86.8 Å². The molecular weight excluding hydrogens is 835 g/mol. The lowest BCUT2D eigenvalue weighted by molar-refractivity contribution is -0.359. The predicted octanol–water partition coefficient (Wildman–Crippen LogP) is 7.16. The fourth-order valence-corrected chi connectivity index (χ4v) is 8.90. The summed E-state index contributed by atoms with van der Waals surface area (Å²) in [4.78, 5) is 12.3. The summed E-state index contributed by atoms with van der Waals surface area (Å²) in [7, 11) is 0. The zero-order chi connectivity index (χ0) is 47.5. The third-order valence-corrected chi connectivity index (χ3v) is 13.3. The minimum Gasteiger partial charge on any atom is -0.394 e. The molecule has 14 nitrogen and oxygen atoms in total. The van der Waals surface area contributed by atoms with E-state index in [1.54, 1.807) is 13.0 Å². The van der Waals surface area contributed by atoms with Crippen molar-refractivity contribution in [3.63, 3.8) is 0 Å². The molecule has 0 saturated carbocycles. The monoisotopic (exact) mass is 932 g/mol. The molecule has 2 aliphatic heterocycles. The lowest BCUT2D eigenvalue weighted by Crippen LogP contribution is -2.65. The SMILES string of the molecule is CCCCCCCCCCCCCCCCCCCCCCCCCCCCCCC/C=C/C(O)C(COC1OC(CO)C(OC2OC(CO)C(O)C(O)C2O)C(O)C1O)NC(=O)CC. The van der Waals surface area contributed by atoms with E-state index in [9.17, 15) is 45.6 Å². The molecule has 0 aromatic carbocycles. The van der Waals surface area contributed by atoms with Gasteiger partial charge in [-0.05, 0) is 12.8 Å². The second-order valence-electron chi connectivity index (χ2n) is 19.0. The van der Waals surface area contributed by atoms with Crippen LogP contribution in [0.15, 0.2) is 12.2 Å². The Morgan fingerprint density at radius 1 is 0.538 bits per heavy atom. The van der Waals surface area contributed by atoms with Crippen LogP contribution in [0.3, 0.4) is 0 Å². The van der Waals surface area contributed by atoms with Crippen LogP contribution in [0.25, 0.3) is 0 Å². The van der Waals surface area contributed by atoms with Crippen LogP contribution in [0.2, 0.25) is 0 Å². The minimum atomic E-state index is -1.78. The van der Waals surface area contributed by atoms with Gasteiger partial charge in [0.25, 0.3) is 0 Å². The summed E-state index contributed by atoms with van der Waals surface area (Å²) in [5, 5.41) is 85.5. The van der Waals surface area contributed by atoms with Gasteiger partial charge in [-0.25, -0.2) is 0 Å². The van der Waals surface area contributed by atoms with Crippen LogP contribution in [0.1, 0.15) is 213 Å². The zero-order valence-electron chi connectivity index (χ0n) is 40.7. The van der Waals surface area contributed by atoms with E-state index in [0.29, 0.717) is 0 Å². The molecule has 2 rings (SSSR count). The number of carbonyl (C=O) groups excluding carboxylic acids is 1. The van der Waals surface area contributed by atoms with E-state index in [1.165, 1.54) is 173 Å². The van der Waals surface area contributed by atoms with Gasteiger partial charge in [0.15, 0.2) is 12.6 Å². The summed E-state index contributed by atoms with van der Waals surface area (Å²) >= 11 is 0. The fourth-order valence-electron chi connectivity index (χ4n) is 8.90. The number of nitrogens with one attached hydrogen (secondary N) is 1. The minimum absolute atomic E-state index is 0.164. The van der Waals surface area contributed by atoms with Crippen LogP contribution in [0, 0.1) is 0 Å². The van der Waals surface area contributed by atoms with E-state index >= 15 is 0 Å². The summed E-state index contributed by atoms with van der Waals surface area (Å²) in [6.07, 6.45) is 27.1. The van der Waals surface area contributed by atoms with Gasteiger partial charge in [-0.2, -0.15) is 0 Å². The van der Waals surface area contributed by atoms with Crippen molar-refractivity contribution in [2.75, 3.05) is 19.8 Å². The lowest BCUT2D eigenvalue weighted by atomic mass is 9.97. The Bertz CT molecular complexity index is 1150. The van der Waals surface area contributed by atoms with Crippen LogP contribution in [-0.4, -0.2) is 140 Å². The van der Waals surface area contributed by atoms with E-state index in [4.69, 9.17) is 18.9 Å². The molecule has 2 saturated heterocycles. The Morgan fingerprint density at radius 2 is 0.938 bits per heavy atom. The Balaban J connectivity index is 1.49. The maximum atomic E-state index is 12.3. The smallest absolute Gasteiger partial charge is 0.220 e. The van der Waals surface area contributed by atoms with Gasteiger partial charge in [-0.15, -0.1) is 0 Å². The Morgan fingerprint density at radius 3 is 1.35 bits per heavy atom. The van der Waals surface area contributed by atoms with Gasteiger partial charge in [0.1, 0.15) is 48.8 Å². The van der Waals surface area contributed by atoms with Crippen LogP contribution < -0.4 is 5.32 Å². The highest BCUT2D eigenvalue weighted by atomic mass is 16.7. The van der Waals surface area contributed by atoms with Crippen molar-refractivity contribution in [3.8, 4) is 0 Å². The van der Waals surface area contributed by atoms with Crippen LogP contribution in [0.5, 0.6) is 0 Å². The van der Waals surface area contributed by atoms with Crippen LogP contribution in [-0.2, 0) is 23.7 Å². The van der Waals surface area contributed by atoms with Crippen LogP contribution >= 0.6 is 0 Å². The highest BCUT2D eigenvalue weighted by Crippen LogP contribution is 2.30. The molecule has 65 heavy (non-hydrogen) atoms. The fraction of sp³-hybridized carbons (Fsp3) is 0.941. The van der Waals surface area contributed by atoms with E-state index in [2.05, 4.69) is 12.2 Å². The molecule has 384 valence electrons. The van der Waals surface area contributed by atoms with Gasteiger partial charge >= 0.3 is 0 Å². The van der Waals surface area contributed by atoms with Gasteiger partial charge in [-0.3, -0.25) is 4.79 Å². The Labute approximate surface area is 393 Å². The number of allylic oxidation sites excluding steroid dienone is 1. The predicted molar refractivity (Wildman–Crippen MR) is 254 cm³/mol. The number of amides is 1. The summed E-state index contributed by atoms with van der Waals surface area (Å²) in [6.45, 7) is 2.24. The molecule has 2 aliphatic rings. The quantitative estimate of drug-likeness (QED) is 0.0219. The maximum absolute atomic E-state index is 12.3. The number of rotatable bonds is 41. The number of hydrogen-bond donors (Lipinski definition) is 9. The first-order chi connectivity index (χ1) is 31.6. The number of aliphatic hydroxyl groups is 8. The molecule has 0 bridgehead atoms. The molecule has 2 fully saturated rings. The Kier molecular flexibility index (Phi) is 35.5. The highest BCUT2D eigenvalue weighted by Gasteiger charge is 2.51. The number of aliphatic hydroxyl groups excluding tert-OH is 8. The van der Waals surface area contributed by atoms with Crippen molar-refractivity contribution in [2.45, 2.75) is 286 Å². The first kappa shape index (κ1) is 59.9. The van der Waals surface area contributed by atoms with Crippen molar-refractivity contribution in [1.82, 2.24) is 5.32 Å². The average molecular weight is 932 g/mol. The zero-order valence-corrected chi connectivity index (χ0v) is 40.7. The van der Waals surface area contributed by atoms with E-state index in [0.717, 1.165) is 19.3 Å². The van der Waals surface area contributed by atoms with Crippen molar-refractivity contribution in [1.29, 1.82) is 0 Å². The third-order valence-electron chi connectivity index (χ3n) is 13.3. The topological polar surface area (TPSA) is 228 Å². The second-order valence-corrected chi connectivity index (χ2v) is 19.0. The Hall–Kier alpha value is -1.27. The van der Waals surface area contributed by atoms with Gasteiger partial charge in [-0.1, -0.05) is 206 Å². The summed E-state index contributed by atoms with van der Waals surface area (Å²) in [5.74, 6) is -0.326. The number of carbonyl (C=O) groups is 1. The standard InChI is InChI=1S/C51H97NO13/c1-3-5-6-7-8-9-10-11-12-13-14-15-16-17-18-19-20-21-22-23-24-25-26-27-28-29-30-31-32-33-34-35-40(55)39(52-43(56)4-2)38-62-50-48(61)46(59)49(42(37-54)64-50)65-51-47(60)45(58)44(57)41(36-53)63-51/h34-35,39-42,44-51,53-55,57-61H,3-33,36-38H2,1-2H3,(H,52,56)/b35-34+. The number of ether oxygens (including phenoxy) is 4. The molecule has 0 aromatic rings.